The number of benzene rings is 2. The summed E-state index contributed by atoms with van der Waals surface area (Å²) in [6, 6.07) is 18.4. The molecule has 1 amide bonds. The van der Waals surface area contributed by atoms with Gasteiger partial charge in [0.05, 0.1) is 34.4 Å². The van der Waals surface area contributed by atoms with Crippen LogP contribution in [0.25, 0.3) is 22.3 Å². The second-order valence-corrected chi connectivity index (χ2v) is 15.6. The van der Waals surface area contributed by atoms with E-state index in [4.69, 9.17) is 9.97 Å². The molecule has 0 unspecified atom stereocenters. The topological polar surface area (TPSA) is 139 Å². The number of thiazole rings is 1. The monoisotopic (exact) mass is 728 g/mol. The first kappa shape index (κ1) is 34.6. The lowest BCUT2D eigenvalue weighted by Crippen LogP contribution is -2.57. The van der Waals surface area contributed by atoms with E-state index in [0.717, 1.165) is 16.9 Å². The molecule has 0 radical (unpaired) electrons. The van der Waals surface area contributed by atoms with Gasteiger partial charge in [-0.25, -0.2) is 26.7 Å². The third kappa shape index (κ3) is 6.44. The number of nitriles is 1. The quantitative estimate of drug-likeness (QED) is 0.233. The zero-order valence-corrected chi connectivity index (χ0v) is 30.1. The predicted molar refractivity (Wildman–Crippen MR) is 194 cm³/mol. The third-order valence-corrected chi connectivity index (χ3v) is 12.2. The molecule has 2 aliphatic heterocycles. The number of aliphatic hydroxyl groups excluding tert-OH is 1. The molecular weight excluding hydrogens is 692 g/mol. The van der Waals surface area contributed by atoms with E-state index in [2.05, 4.69) is 15.9 Å². The Morgan fingerprint density at radius 3 is 2.35 bits per heavy atom. The highest BCUT2D eigenvalue weighted by atomic mass is 32.2. The van der Waals surface area contributed by atoms with E-state index in [-0.39, 0.29) is 10.8 Å². The van der Waals surface area contributed by atoms with Crippen LogP contribution in [-0.4, -0.2) is 102 Å². The number of aryl methyl sites for hydroxylation is 1. The van der Waals surface area contributed by atoms with Crippen molar-refractivity contribution in [3.8, 4) is 17.3 Å². The lowest BCUT2D eigenvalue weighted by Gasteiger charge is -2.39. The maximum atomic E-state index is 14.4. The highest BCUT2D eigenvalue weighted by Gasteiger charge is 2.33. The molecule has 51 heavy (non-hydrogen) atoms. The van der Waals surface area contributed by atoms with Gasteiger partial charge in [-0.2, -0.15) is 5.26 Å². The number of amides is 1. The number of piperazine rings is 1. The van der Waals surface area contributed by atoms with Crippen LogP contribution in [0, 0.1) is 24.1 Å². The van der Waals surface area contributed by atoms with Gasteiger partial charge in [0.2, 0.25) is 5.91 Å². The van der Waals surface area contributed by atoms with Crippen LogP contribution in [0.15, 0.2) is 65.6 Å². The number of nitrogens with zero attached hydrogens (tertiary/aromatic N) is 8. The summed E-state index contributed by atoms with van der Waals surface area (Å²) in [5.74, 6) is 0.281. The lowest BCUT2D eigenvalue weighted by atomic mass is 10.1. The molecule has 2 saturated heterocycles. The Morgan fingerprint density at radius 1 is 1.04 bits per heavy atom. The second kappa shape index (κ2) is 13.7. The van der Waals surface area contributed by atoms with Crippen molar-refractivity contribution in [3.63, 3.8) is 0 Å². The summed E-state index contributed by atoms with van der Waals surface area (Å²) >= 11 is 1.16. The molecule has 2 aliphatic rings. The SMILES string of the molecule is CCc1c(N(C)c2nc(-c3ccc(F)cc3)c(C#N)s2)c2nc(N3CCN(CC(=O)N4CC(O)C4)CC3)ccc2n1S(=O)(=O)c1ccc(C)cc1. The number of halogens is 1. The van der Waals surface area contributed by atoms with E-state index in [1.807, 2.05) is 19.9 Å². The molecule has 0 atom stereocenters. The lowest BCUT2D eigenvalue weighted by molar-refractivity contribution is -0.142. The van der Waals surface area contributed by atoms with E-state index in [1.54, 1.807) is 59.3 Å². The molecule has 15 heteroatoms. The van der Waals surface area contributed by atoms with E-state index in [0.29, 0.717) is 102 Å². The van der Waals surface area contributed by atoms with Gasteiger partial charge < -0.3 is 19.8 Å². The molecule has 0 spiro atoms. The van der Waals surface area contributed by atoms with Gasteiger partial charge in [-0.3, -0.25) is 9.69 Å². The Bertz CT molecular complexity index is 2250. The van der Waals surface area contributed by atoms with Crippen LogP contribution < -0.4 is 9.80 Å². The molecule has 1 N–H and O–H groups in total. The number of hydrogen-bond donors (Lipinski definition) is 1. The number of rotatable bonds is 9. The van der Waals surface area contributed by atoms with Crippen LogP contribution in [0.5, 0.6) is 0 Å². The Hall–Kier alpha value is -4.88. The summed E-state index contributed by atoms with van der Waals surface area (Å²) in [4.78, 5) is 30.7. The minimum atomic E-state index is -4.07. The Morgan fingerprint density at radius 2 is 1.73 bits per heavy atom. The maximum absolute atomic E-state index is 14.4. The fourth-order valence-corrected chi connectivity index (χ4v) is 9.06. The van der Waals surface area contributed by atoms with Crippen molar-refractivity contribution in [2.45, 2.75) is 31.3 Å². The molecule has 3 aromatic heterocycles. The molecule has 0 bridgehead atoms. The molecule has 7 rings (SSSR count). The van der Waals surface area contributed by atoms with Crippen LogP contribution in [0.1, 0.15) is 23.1 Å². The van der Waals surface area contributed by atoms with Gasteiger partial charge in [-0.15, -0.1) is 0 Å². The van der Waals surface area contributed by atoms with Gasteiger partial charge in [-0.1, -0.05) is 36.0 Å². The Balaban J connectivity index is 1.29. The predicted octanol–water partition coefficient (Wildman–Crippen LogP) is 4.37. The summed E-state index contributed by atoms with van der Waals surface area (Å²) in [5, 5.41) is 20.0. The third-order valence-electron chi connectivity index (χ3n) is 9.44. The number of fused-ring (bicyclic) bond motifs is 1. The first-order valence-corrected chi connectivity index (χ1v) is 18.9. The summed E-state index contributed by atoms with van der Waals surface area (Å²) < 4.78 is 43.9. The summed E-state index contributed by atoms with van der Waals surface area (Å²) in [7, 11) is -2.28. The van der Waals surface area contributed by atoms with Crippen molar-refractivity contribution in [3.05, 3.63) is 82.6 Å². The molecule has 5 aromatic rings. The van der Waals surface area contributed by atoms with Crippen molar-refractivity contribution in [2.75, 3.05) is 62.7 Å². The van der Waals surface area contributed by atoms with Gasteiger partial charge >= 0.3 is 0 Å². The van der Waals surface area contributed by atoms with Gasteiger partial charge in [0.25, 0.3) is 10.0 Å². The molecule has 2 aromatic carbocycles. The standard InChI is InChI=1S/C36H37FN8O4S2/c1-4-28-35(41(3)36-40-33(30(19-38)50-36)24-7-9-25(37)10-8-24)34-29(45(28)51(48,49)27-11-5-23(2)6-12-27)13-14-31(39-34)43-17-15-42(16-18-43)22-32(47)44-20-26(46)21-44/h5-14,26,46H,4,15-18,20-22H2,1-3H3. The highest BCUT2D eigenvalue weighted by Crippen LogP contribution is 2.42. The minimum absolute atomic E-state index is 0.00789. The first-order chi connectivity index (χ1) is 24.5. The van der Waals surface area contributed by atoms with Gasteiger partial charge in [0.15, 0.2) is 5.13 Å². The van der Waals surface area contributed by atoms with E-state index >= 15 is 0 Å². The van der Waals surface area contributed by atoms with Crippen molar-refractivity contribution in [1.82, 2.24) is 23.7 Å². The number of pyridine rings is 1. The number of aliphatic hydroxyl groups is 1. The largest absolute Gasteiger partial charge is 0.389 e. The summed E-state index contributed by atoms with van der Waals surface area (Å²) in [6.07, 6.45) is -0.0926. The normalized spacial score (nSPS) is 15.6. The van der Waals surface area contributed by atoms with Crippen LogP contribution >= 0.6 is 11.3 Å². The summed E-state index contributed by atoms with van der Waals surface area (Å²) in [5.41, 5.74) is 3.88. The van der Waals surface area contributed by atoms with E-state index < -0.39 is 21.9 Å². The zero-order chi connectivity index (χ0) is 36.0. The van der Waals surface area contributed by atoms with Gasteiger partial charge in [0.1, 0.15) is 33.8 Å². The summed E-state index contributed by atoms with van der Waals surface area (Å²) in [6.45, 7) is 7.34. The van der Waals surface area contributed by atoms with Crippen molar-refractivity contribution in [2.24, 2.45) is 0 Å². The number of carbonyl (C=O) groups excluding carboxylic acids is 1. The van der Waals surface area contributed by atoms with Crippen LogP contribution in [0.2, 0.25) is 0 Å². The highest BCUT2D eigenvalue weighted by molar-refractivity contribution is 7.90. The van der Waals surface area contributed by atoms with Crippen LogP contribution in [-0.2, 0) is 21.2 Å². The average Bonchev–Trinajstić information content (AvgIpc) is 3.70. The van der Waals surface area contributed by atoms with Crippen LogP contribution in [0.4, 0.5) is 21.0 Å². The van der Waals surface area contributed by atoms with Crippen molar-refractivity contribution < 1.29 is 22.7 Å². The molecule has 0 saturated carbocycles. The molecule has 2 fully saturated rings. The average molecular weight is 729 g/mol. The maximum Gasteiger partial charge on any atom is 0.268 e. The minimum Gasteiger partial charge on any atom is -0.389 e. The van der Waals surface area contributed by atoms with Gasteiger partial charge in [0, 0.05) is 51.9 Å². The fraction of sp³-hybridized carbons (Fsp3) is 0.333. The van der Waals surface area contributed by atoms with E-state index in [9.17, 15) is 28.0 Å². The molecule has 264 valence electrons. The molecular formula is C36H37FN8O4S2. The first-order valence-electron chi connectivity index (χ1n) is 16.7. The Labute approximate surface area is 299 Å². The number of aromatic nitrogens is 3. The smallest absolute Gasteiger partial charge is 0.268 e. The molecule has 0 aliphatic carbocycles. The van der Waals surface area contributed by atoms with Crippen molar-refractivity contribution in [1.29, 1.82) is 5.26 Å². The number of anilines is 3. The van der Waals surface area contributed by atoms with Crippen molar-refractivity contribution >= 4 is 54.9 Å². The Kier molecular flexibility index (Phi) is 9.27. The van der Waals surface area contributed by atoms with E-state index in [1.165, 1.54) is 16.1 Å². The number of hydrogen-bond acceptors (Lipinski definition) is 11. The fourth-order valence-electron chi connectivity index (χ4n) is 6.60. The van der Waals surface area contributed by atoms with Gasteiger partial charge in [-0.05, 0) is 61.9 Å². The zero-order valence-electron chi connectivity index (χ0n) is 28.5. The molecule has 12 nitrogen and oxygen atoms in total. The van der Waals surface area contributed by atoms with Crippen LogP contribution in [0.3, 0.4) is 0 Å². The molecule has 5 heterocycles. The number of likely N-dealkylation sites (tertiary alicyclic amines) is 1. The number of carbonyl (C=O) groups is 1. The second-order valence-electron chi connectivity index (χ2n) is 12.8. The number of β-amino-alcohol motifs (C(OH)–C–C–N with tert-alkyl or cyclic N) is 1.